The lowest BCUT2D eigenvalue weighted by atomic mass is 9.94. The molecule has 1 saturated carbocycles. The van der Waals surface area contributed by atoms with Crippen molar-refractivity contribution in [1.82, 2.24) is 5.32 Å². The lowest BCUT2D eigenvalue weighted by Gasteiger charge is -2.24. The van der Waals surface area contributed by atoms with Crippen LogP contribution in [-0.4, -0.2) is 25.0 Å². The third kappa shape index (κ3) is 3.51. The number of carbonyl (C=O) groups excluding carboxylic acids is 2. The molecule has 0 spiro atoms. The fourth-order valence-electron chi connectivity index (χ4n) is 2.15. The number of rotatable bonds is 4. The van der Waals surface area contributed by atoms with Gasteiger partial charge in [0.15, 0.2) is 0 Å². The molecule has 0 aromatic heterocycles. The van der Waals surface area contributed by atoms with Crippen LogP contribution < -0.4 is 5.32 Å². The van der Waals surface area contributed by atoms with Crippen molar-refractivity contribution >= 4 is 11.9 Å². The number of hydrogen-bond acceptors (Lipinski definition) is 3. The Morgan fingerprint density at radius 1 is 1.31 bits per heavy atom. The van der Waals surface area contributed by atoms with E-state index in [1.165, 1.54) is 26.4 Å². The van der Waals surface area contributed by atoms with Crippen LogP contribution in [0.15, 0.2) is 0 Å². The van der Waals surface area contributed by atoms with Gasteiger partial charge in [-0.15, -0.1) is 0 Å². The van der Waals surface area contributed by atoms with Crippen molar-refractivity contribution in [2.45, 2.75) is 51.5 Å². The maximum atomic E-state index is 11.8. The van der Waals surface area contributed by atoms with Gasteiger partial charge >= 0.3 is 5.97 Å². The van der Waals surface area contributed by atoms with E-state index in [2.05, 4.69) is 10.1 Å². The summed E-state index contributed by atoms with van der Waals surface area (Å²) in [6.07, 6.45) is 6.14. The van der Waals surface area contributed by atoms with Crippen molar-refractivity contribution in [3.8, 4) is 0 Å². The largest absolute Gasteiger partial charge is 0.468 e. The van der Waals surface area contributed by atoms with E-state index in [9.17, 15) is 9.59 Å². The van der Waals surface area contributed by atoms with E-state index in [-0.39, 0.29) is 11.9 Å². The monoisotopic (exact) mass is 227 g/mol. The normalized spacial score (nSPS) is 18.9. The SMILES string of the molecule is CCC(C(=O)NC1CCCCC1)C(=O)OC. The van der Waals surface area contributed by atoms with Crippen LogP contribution >= 0.6 is 0 Å². The molecule has 1 aliphatic carbocycles. The Labute approximate surface area is 96.7 Å². The zero-order valence-corrected chi connectivity index (χ0v) is 10.1. The van der Waals surface area contributed by atoms with Gasteiger partial charge in [0.1, 0.15) is 5.92 Å². The molecule has 1 aliphatic rings. The quantitative estimate of drug-likeness (QED) is 0.586. The summed E-state index contributed by atoms with van der Waals surface area (Å²) in [4.78, 5) is 23.2. The van der Waals surface area contributed by atoms with E-state index in [0.717, 1.165) is 12.8 Å². The number of esters is 1. The summed E-state index contributed by atoms with van der Waals surface area (Å²) < 4.78 is 4.61. The zero-order chi connectivity index (χ0) is 12.0. The summed E-state index contributed by atoms with van der Waals surface area (Å²) in [6, 6.07) is 0.250. The van der Waals surface area contributed by atoms with E-state index in [0.29, 0.717) is 6.42 Å². The second kappa shape index (κ2) is 6.51. The molecule has 1 atom stereocenters. The molecule has 4 nitrogen and oxygen atoms in total. The predicted molar refractivity (Wildman–Crippen MR) is 60.8 cm³/mol. The molecule has 92 valence electrons. The molecule has 0 saturated heterocycles. The smallest absolute Gasteiger partial charge is 0.318 e. The number of nitrogens with one attached hydrogen (secondary N) is 1. The van der Waals surface area contributed by atoms with Crippen molar-refractivity contribution in [2.24, 2.45) is 5.92 Å². The highest BCUT2D eigenvalue weighted by Gasteiger charge is 2.27. The molecule has 1 unspecified atom stereocenters. The van der Waals surface area contributed by atoms with Crippen LogP contribution in [0.5, 0.6) is 0 Å². The third-order valence-corrected chi connectivity index (χ3v) is 3.16. The van der Waals surface area contributed by atoms with Gasteiger partial charge in [-0.1, -0.05) is 26.2 Å². The van der Waals surface area contributed by atoms with Crippen molar-refractivity contribution < 1.29 is 14.3 Å². The standard InChI is InChI=1S/C12H21NO3/c1-3-10(12(15)16-2)11(14)13-9-7-5-4-6-8-9/h9-10H,3-8H2,1-2H3,(H,13,14). The van der Waals surface area contributed by atoms with E-state index in [1.807, 2.05) is 6.92 Å². The van der Waals surface area contributed by atoms with Crippen LogP contribution in [0.2, 0.25) is 0 Å². The molecule has 0 heterocycles. The van der Waals surface area contributed by atoms with Crippen LogP contribution in [-0.2, 0) is 14.3 Å². The number of amides is 1. The summed E-state index contributed by atoms with van der Waals surface area (Å²) in [6.45, 7) is 1.82. The number of hydrogen-bond donors (Lipinski definition) is 1. The topological polar surface area (TPSA) is 55.4 Å². The Morgan fingerprint density at radius 2 is 1.94 bits per heavy atom. The Bertz CT molecular complexity index is 247. The minimum Gasteiger partial charge on any atom is -0.468 e. The van der Waals surface area contributed by atoms with Crippen molar-refractivity contribution in [3.05, 3.63) is 0 Å². The van der Waals surface area contributed by atoms with Gasteiger partial charge in [-0.05, 0) is 19.3 Å². The minimum atomic E-state index is -0.646. The Kier molecular flexibility index (Phi) is 5.29. The van der Waals surface area contributed by atoms with Gasteiger partial charge in [-0.2, -0.15) is 0 Å². The van der Waals surface area contributed by atoms with Gasteiger partial charge < -0.3 is 10.1 Å². The molecule has 0 aliphatic heterocycles. The van der Waals surface area contributed by atoms with Gasteiger partial charge in [-0.25, -0.2) is 0 Å². The van der Waals surface area contributed by atoms with Crippen molar-refractivity contribution in [1.29, 1.82) is 0 Å². The first-order valence-corrected chi connectivity index (χ1v) is 6.07. The Morgan fingerprint density at radius 3 is 2.44 bits per heavy atom. The van der Waals surface area contributed by atoms with Crippen LogP contribution in [0.4, 0.5) is 0 Å². The van der Waals surface area contributed by atoms with Crippen LogP contribution in [0, 0.1) is 5.92 Å². The first kappa shape index (κ1) is 13.0. The summed E-state index contributed by atoms with van der Waals surface area (Å²) in [5.41, 5.74) is 0. The maximum Gasteiger partial charge on any atom is 0.318 e. The molecule has 0 radical (unpaired) electrons. The second-order valence-electron chi connectivity index (χ2n) is 4.33. The van der Waals surface area contributed by atoms with Gasteiger partial charge in [-0.3, -0.25) is 9.59 Å². The maximum absolute atomic E-state index is 11.8. The van der Waals surface area contributed by atoms with Gasteiger partial charge in [0.05, 0.1) is 7.11 Å². The average Bonchev–Trinajstić information content (AvgIpc) is 2.31. The van der Waals surface area contributed by atoms with Crippen molar-refractivity contribution in [3.63, 3.8) is 0 Å². The zero-order valence-electron chi connectivity index (χ0n) is 10.1. The molecule has 0 bridgehead atoms. The van der Waals surface area contributed by atoms with Gasteiger partial charge in [0.25, 0.3) is 0 Å². The van der Waals surface area contributed by atoms with Crippen LogP contribution in [0.1, 0.15) is 45.4 Å². The highest BCUT2D eigenvalue weighted by atomic mass is 16.5. The molecule has 16 heavy (non-hydrogen) atoms. The Balaban J connectivity index is 2.45. The first-order valence-electron chi connectivity index (χ1n) is 6.07. The van der Waals surface area contributed by atoms with E-state index in [4.69, 9.17) is 0 Å². The molecule has 1 amide bonds. The lowest BCUT2D eigenvalue weighted by molar-refractivity contribution is -0.150. The van der Waals surface area contributed by atoms with Gasteiger partial charge in [0.2, 0.25) is 5.91 Å². The molecular weight excluding hydrogens is 206 g/mol. The molecule has 4 heteroatoms. The van der Waals surface area contributed by atoms with Gasteiger partial charge in [0, 0.05) is 6.04 Å². The van der Waals surface area contributed by atoms with E-state index < -0.39 is 11.9 Å². The number of ether oxygens (including phenoxy) is 1. The molecule has 1 N–H and O–H groups in total. The van der Waals surface area contributed by atoms with E-state index in [1.54, 1.807) is 0 Å². The third-order valence-electron chi connectivity index (χ3n) is 3.16. The number of methoxy groups -OCH3 is 1. The molecule has 0 aromatic rings. The number of carbonyl (C=O) groups is 2. The predicted octanol–water partition coefficient (Wildman–Crippen LogP) is 1.63. The molecule has 1 fully saturated rings. The summed E-state index contributed by atoms with van der Waals surface area (Å²) in [7, 11) is 1.32. The van der Waals surface area contributed by atoms with Crippen molar-refractivity contribution in [2.75, 3.05) is 7.11 Å². The molecular formula is C12H21NO3. The van der Waals surface area contributed by atoms with E-state index >= 15 is 0 Å². The Hall–Kier alpha value is -1.06. The molecule has 1 rings (SSSR count). The fraction of sp³-hybridized carbons (Fsp3) is 0.833. The van der Waals surface area contributed by atoms with Crippen LogP contribution in [0.25, 0.3) is 0 Å². The first-order chi connectivity index (χ1) is 7.69. The fourth-order valence-corrected chi connectivity index (χ4v) is 2.15. The summed E-state index contributed by atoms with van der Waals surface area (Å²) in [5, 5.41) is 2.95. The highest BCUT2D eigenvalue weighted by Crippen LogP contribution is 2.18. The van der Waals surface area contributed by atoms with Crippen LogP contribution in [0.3, 0.4) is 0 Å². The highest BCUT2D eigenvalue weighted by molar-refractivity contribution is 5.97. The summed E-state index contributed by atoms with van der Waals surface area (Å²) >= 11 is 0. The summed E-state index contributed by atoms with van der Waals surface area (Å²) in [5.74, 6) is -1.26. The second-order valence-corrected chi connectivity index (χ2v) is 4.33. The lowest BCUT2D eigenvalue weighted by Crippen LogP contribution is -2.42. The minimum absolute atomic E-state index is 0.179. The molecule has 0 aromatic carbocycles. The average molecular weight is 227 g/mol.